The van der Waals surface area contributed by atoms with Gasteiger partial charge in [0.1, 0.15) is 0 Å². The van der Waals surface area contributed by atoms with Crippen LogP contribution in [0.2, 0.25) is 5.15 Å². The highest BCUT2D eigenvalue weighted by Crippen LogP contribution is 2.16. The van der Waals surface area contributed by atoms with Crippen molar-refractivity contribution in [3.8, 4) is 0 Å². The van der Waals surface area contributed by atoms with Crippen molar-refractivity contribution in [2.45, 2.75) is 6.92 Å². The molecule has 0 radical (unpaired) electrons. The number of carbonyl (C=O) groups excluding carboxylic acids is 1. The van der Waals surface area contributed by atoms with Gasteiger partial charge in [-0.25, -0.2) is 0 Å². The summed E-state index contributed by atoms with van der Waals surface area (Å²) in [5.74, 6) is 0.459. The summed E-state index contributed by atoms with van der Waals surface area (Å²) in [7, 11) is 0. The average Bonchev–Trinajstić information content (AvgIpc) is 2.81. The third-order valence-corrected chi connectivity index (χ3v) is 3.36. The highest BCUT2D eigenvalue weighted by atomic mass is 35.5. The number of nitrogens with zero attached hydrogens (tertiary/aromatic N) is 2. The summed E-state index contributed by atoms with van der Waals surface area (Å²) < 4.78 is 7.81. The van der Waals surface area contributed by atoms with Crippen molar-refractivity contribution in [2.75, 3.05) is 18.4 Å². The molecule has 5 nitrogen and oxygen atoms in total. The fourth-order valence-corrected chi connectivity index (χ4v) is 2.13. The molecular weight excluding hydrogens is 284 g/mol. The lowest BCUT2D eigenvalue weighted by Crippen LogP contribution is -2.28. The van der Waals surface area contributed by atoms with E-state index in [-0.39, 0.29) is 5.91 Å². The number of rotatable bonds is 5. The number of hydrogen-bond donors (Lipinski definition) is 2. The summed E-state index contributed by atoms with van der Waals surface area (Å²) in [5, 5.41) is 6.17. The lowest BCUT2D eigenvalue weighted by atomic mass is 10.1. The smallest absolute Gasteiger partial charge is 0.251 e. The molecule has 0 unspecified atom stereocenters. The largest absolute Gasteiger partial charge is 0.365 e. The third kappa shape index (κ3) is 3.90. The van der Waals surface area contributed by atoms with Crippen LogP contribution in [0.15, 0.2) is 24.3 Å². The summed E-state index contributed by atoms with van der Waals surface area (Å²) >= 11 is 6.83. The van der Waals surface area contributed by atoms with E-state index in [0.29, 0.717) is 29.6 Å². The van der Waals surface area contributed by atoms with Gasteiger partial charge in [0.05, 0.1) is 11.7 Å². The predicted molar refractivity (Wildman–Crippen MR) is 76.9 cm³/mol. The third-order valence-electron chi connectivity index (χ3n) is 2.47. The van der Waals surface area contributed by atoms with Crippen LogP contribution in [0, 0.1) is 6.92 Å². The van der Waals surface area contributed by atoms with Gasteiger partial charge >= 0.3 is 0 Å². The SMILES string of the molecule is Cc1ccc(C(=O)NCCNc2nsnc2Cl)cc1. The minimum Gasteiger partial charge on any atom is -0.365 e. The molecule has 0 bridgehead atoms. The number of aromatic nitrogens is 2. The van der Waals surface area contributed by atoms with Crippen LogP contribution >= 0.6 is 23.3 Å². The molecule has 0 atom stereocenters. The van der Waals surface area contributed by atoms with Crippen molar-refractivity contribution in [3.05, 3.63) is 40.5 Å². The van der Waals surface area contributed by atoms with Gasteiger partial charge in [-0.05, 0) is 19.1 Å². The number of nitrogens with one attached hydrogen (secondary N) is 2. The van der Waals surface area contributed by atoms with E-state index in [1.54, 1.807) is 12.1 Å². The first-order valence-electron chi connectivity index (χ1n) is 5.73. The van der Waals surface area contributed by atoms with E-state index in [4.69, 9.17) is 11.6 Å². The maximum atomic E-state index is 11.8. The van der Waals surface area contributed by atoms with Gasteiger partial charge in [-0.15, -0.1) is 0 Å². The van der Waals surface area contributed by atoms with E-state index in [9.17, 15) is 4.79 Å². The molecule has 7 heteroatoms. The molecule has 0 aliphatic rings. The van der Waals surface area contributed by atoms with Crippen molar-refractivity contribution in [1.29, 1.82) is 0 Å². The molecule has 1 aromatic heterocycles. The van der Waals surface area contributed by atoms with Crippen LogP contribution in [0.1, 0.15) is 15.9 Å². The summed E-state index contributed by atoms with van der Waals surface area (Å²) in [6, 6.07) is 7.43. The van der Waals surface area contributed by atoms with E-state index in [2.05, 4.69) is 19.4 Å². The van der Waals surface area contributed by atoms with E-state index in [1.807, 2.05) is 19.1 Å². The van der Waals surface area contributed by atoms with Crippen molar-refractivity contribution >= 4 is 35.1 Å². The van der Waals surface area contributed by atoms with Gasteiger partial charge < -0.3 is 10.6 Å². The molecule has 0 saturated heterocycles. The van der Waals surface area contributed by atoms with E-state index in [1.165, 1.54) is 0 Å². The van der Waals surface area contributed by atoms with Crippen molar-refractivity contribution in [3.63, 3.8) is 0 Å². The van der Waals surface area contributed by atoms with Crippen LogP contribution in [0.5, 0.6) is 0 Å². The van der Waals surface area contributed by atoms with Gasteiger partial charge in [0.15, 0.2) is 11.0 Å². The first-order chi connectivity index (χ1) is 9.16. The van der Waals surface area contributed by atoms with E-state index in [0.717, 1.165) is 17.3 Å². The normalized spacial score (nSPS) is 10.2. The molecule has 2 N–H and O–H groups in total. The Morgan fingerprint density at radius 3 is 2.63 bits per heavy atom. The highest BCUT2D eigenvalue weighted by Gasteiger charge is 2.05. The second-order valence-electron chi connectivity index (χ2n) is 3.95. The second kappa shape index (κ2) is 6.49. The van der Waals surface area contributed by atoms with Crippen LogP contribution in [0.25, 0.3) is 0 Å². The fourth-order valence-electron chi connectivity index (χ4n) is 1.45. The summed E-state index contributed by atoms with van der Waals surface area (Å²) in [4.78, 5) is 11.8. The van der Waals surface area contributed by atoms with Gasteiger partial charge in [0.2, 0.25) is 0 Å². The molecule has 19 heavy (non-hydrogen) atoms. The van der Waals surface area contributed by atoms with Gasteiger partial charge in [0.25, 0.3) is 5.91 Å². The Morgan fingerprint density at radius 2 is 2.00 bits per heavy atom. The lowest BCUT2D eigenvalue weighted by molar-refractivity contribution is 0.0955. The number of aryl methyl sites for hydroxylation is 1. The molecule has 0 spiro atoms. The number of amides is 1. The predicted octanol–water partition coefficient (Wildman–Crippen LogP) is 2.34. The standard InChI is InChI=1S/C12H13ClN4OS/c1-8-2-4-9(5-3-8)12(18)15-7-6-14-11-10(13)16-19-17-11/h2-5H,6-7H2,1H3,(H,14,17)(H,15,18). The zero-order chi connectivity index (χ0) is 13.7. The zero-order valence-corrected chi connectivity index (χ0v) is 11.9. The minimum absolute atomic E-state index is 0.0932. The molecule has 1 amide bonds. The van der Waals surface area contributed by atoms with Crippen LogP contribution in [-0.4, -0.2) is 27.7 Å². The molecule has 1 aromatic carbocycles. The maximum Gasteiger partial charge on any atom is 0.251 e. The van der Waals surface area contributed by atoms with Gasteiger partial charge in [0, 0.05) is 18.7 Å². The van der Waals surface area contributed by atoms with Crippen molar-refractivity contribution < 1.29 is 4.79 Å². The van der Waals surface area contributed by atoms with Gasteiger partial charge in [-0.3, -0.25) is 4.79 Å². The van der Waals surface area contributed by atoms with Crippen molar-refractivity contribution in [1.82, 2.24) is 14.1 Å². The Labute approximate surface area is 120 Å². The topological polar surface area (TPSA) is 66.9 Å². The second-order valence-corrected chi connectivity index (χ2v) is 4.84. The molecule has 1 heterocycles. The molecule has 2 rings (SSSR count). The maximum absolute atomic E-state index is 11.8. The van der Waals surface area contributed by atoms with Crippen LogP contribution in [0.3, 0.4) is 0 Å². The first kappa shape index (κ1) is 13.8. The van der Waals surface area contributed by atoms with Crippen LogP contribution in [-0.2, 0) is 0 Å². The Balaban J connectivity index is 1.75. The average molecular weight is 297 g/mol. The number of halogens is 1. The Kier molecular flexibility index (Phi) is 4.70. The van der Waals surface area contributed by atoms with Crippen molar-refractivity contribution in [2.24, 2.45) is 0 Å². The van der Waals surface area contributed by atoms with Gasteiger partial charge in [-0.2, -0.15) is 8.75 Å². The number of anilines is 1. The summed E-state index contributed by atoms with van der Waals surface area (Å²) in [6.07, 6.45) is 0. The summed E-state index contributed by atoms with van der Waals surface area (Å²) in [6.45, 7) is 3.01. The van der Waals surface area contributed by atoms with Crippen LogP contribution in [0.4, 0.5) is 5.82 Å². The fraction of sp³-hybridized carbons (Fsp3) is 0.250. The molecule has 0 aliphatic carbocycles. The first-order valence-corrected chi connectivity index (χ1v) is 6.84. The molecular formula is C12H13ClN4OS. The van der Waals surface area contributed by atoms with E-state index < -0.39 is 0 Å². The van der Waals surface area contributed by atoms with E-state index >= 15 is 0 Å². The number of carbonyl (C=O) groups is 1. The Bertz CT molecular complexity index is 555. The molecule has 0 saturated carbocycles. The Hall–Kier alpha value is -1.66. The number of benzene rings is 1. The Morgan fingerprint density at radius 1 is 1.26 bits per heavy atom. The minimum atomic E-state index is -0.0932. The monoisotopic (exact) mass is 296 g/mol. The van der Waals surface area contributed by atoms with Gasteiger partial charge in [-0.1, -0.05) is 29.3 Å². The number of hydrogen-bond acceptors (Lipinski definition) is 5. The molecule has 2 aromatic rings. The zero-order valence-electron chi connectivity index (χ0n) is 10.3. The molecule has 0 fully saturated rings. The quantitative estimate of drug-likeness (QED) is 0.831. The highest BCUT2D eigenvalue weighted by molar-refractivity contribution is 6.99. The lowest BCUT2D eigenvalue weighted by Gasteiger charge is -2.06. The molecule has 100 valence electrons. The molecule has 0 aliphatic heterocycles. The summed E-state index contributed by atoms with van der Waals surface area (Å²) in [5.41, 5.74) is 1.78. The van der Waals surface area contributed by atoms with Crippen LogP contribution < -0.4 is 10.6 Å².